The molecule has 0 spiro atoms. The number of fused-ring (bicyclic) bond motifs is 1. The highest BCUT2D eigenvalue weighted by Gasteiger charge is 2.07. The maximum Gasteiger partial charge on any atom is 0.124 e. The van der Waals surface area contributed by atoms with Crippen molar-refractivity contribution in [1.82, 2.24) is 4.98 Å². The summed E-state index contributed by atoms with van der Waals surface area (Å²) >= 11 is 3.98. The van der Waals surface area contributed by atoms with E-state index in [1.54, 1.807) is 18.4 Å². The molecule has 0 aliphatic heterocycles. The first-order valence-corrected chi connectivity index (χ1v) is 8.49. The number of benzene rings is 2. The fourth-order valence-corrected chi connectivity index (χ4v) is 3.40. The second-order valence-electron chi connectivity index (χ2n) is 4.24. The van der Waals surface area contributed by atoms with Gasteiger partial charge in [-0.15, -0.1) is 11.3 Å². The molecule has 0 atom stereocenters. The van der Waals surface area contributed by atoms with Crippen molar-refractivity contribution < 1.29 is 4.74 Å². The summed E-state index contributed by atoms with van der Waals surface area (Å²) < 4.78 is 7.30. The number of rotatable bonds is 4. The third kappa shape index (κ3) is 2.73. The highest BCUT2D eigenvalue weighted by molar-refractivity contribution is 14.1. The van der Waals surface area contributed by atoms with Gasteiger partial charge in [-0.3, -0.25) is 0 Å². The first-order valence-electron chi connectivity index (χ1n) is 6.15. The number of ether oxygens (including phenoxy) is 1. The second-order valence-corrected chi connectivity index (χ2v) is 6.03. The van der Waals surface area contributed by atoms with Gasteiger partial charge >= 0.3 is 0 Å². The predicted octanol–water partition coefficient (Wildman–Crippen LogP) is 4.78. The Morgan fingerprint density at radius 3 is 2.70 bits per heavy atom. The average molecular weight is 396 g/mol. The number of thiazole rings is 1. The van der Waals surface area contributed by atoms with E-state index in [4.69, 9.17) is 4.74 Å². The van der Waals surface area contributed by atoms with E-state index >= 15 is 0 Å². The zero-order valence-electron chi connectivity index (χ0n) is 10.9. The molecular formula is C15H13IN2OS. The summed E-state index contributed by atoms with van der Waals surface area (Å²) in [5.41, 5.74) is 3.29. The van der Waals surface area contributed by atoms with Crippen LogP contribution in [0.25, 0.3) is 20.8 Å². The summed E-state index contributed by atoms with van der Waals surface area (Å²) in [6.45, 7) is 0. The Hall–Kier alpha value is -1.34. The number of alkyl halides is 1. The molecule has 20 heavy (non-hydrogen) atoms. The van der Waals surface area contributed by atoms with Gasteiger partial charge in [0, 0.05) is 11.3 Å². The first-order chi connectivity index (χ1) is 9.80. The molecule has 0 radical (unpaired) electrons. The van der Waals surface area contributed by atoms with Crippen LogP contribution >= 0.6 is 33.9 Å². The smallest absolute Gasteiger partial charge is 0.124 e. The molecule has 3 aromatic rings. The van der Waals surface area contributed by atoms with Crippen molar-refractivity contribution in [2.75, 3.05) is 17.0 Å². The third-order valence-corrected chi connectivity index (χ3v) is 4.45. The molecular weight excluding hydrogens is 383 g/mol. The zero-order chi connectivity index (χ0) is 13.9. The standard InChI is InChI=1S/C15H13IN2OS/c1-19-12-6-7-13-14(8-12)20-15(18-13)10-2-4-11(5-3-10)17-9-16/h2-8,17H,9H2,1H3. The number of nitrogens with one attached hydrogen (secondary N) is 1. The minimum Gasteiger partial charge on any atom is -0.497 e. The number of aromatic nitrogens is 1. The predicted molar refractivity (Wildman–Crippen MR) is 94.1 cm³/mol. The summed E-state index contributed by atoms with van der Waals surface area (Å²) in [6.07, 6.45) is 0. The molecule has 1 aromatic heterocycles. The minimum absolute atomic E-state index is 0.870. The van der Waals surface area contributed by atoms with E-state index in [0.29, 0.717) is 0 Å². The number of hydrogen-bond donors (Lipinski definition) is 1. The van der Waals surface area contributed by atoms with Gasteiger partial charge in [-0.05, 0) is 42.5 Å². The SMILES string of the molecule is COc1ccc2nc(-c3ccc(NCI)cc3)sc2c1. The average Bonchev–Trinajstić information content (AvgIpc) is 2.91. The van der Waals surface area contributed by atoms with Gasteiger partial charge in [0.2, 0.25) is 0 Å². The highest BCUT2D eigenvalue weighted by atomic mass is 127. The lowest BCUT2D eigenvalue weighted by molar-refractivity contribution is 0.415. The Kier molecular flexibility index (Phi) is 4.07. The van der Waals surface area contributed by atoms with Gasteiger partial charge in [-0.25, -0.2) is 4.98 Å². The quantitative estimate of drug-likeness (QED) is 0.392. The van der Waals surface area contributed by atoms with E-state index in [0.717, 1.165) is 36.8 Å². The number of halogens is 1. The number of hydrogen-bond acceptors (Lipinski definition) is 4. The van der Waals surface area contributed by atoms with Crippen molar-refractivity contribution in [2.24, 2.45) is 0 Å². The largest absolute Gasteiger partial charge is 0.497 e. The summed E-state index contributed by atoms with van der Waals surface area (Å²) in [4.78, 5) is 4.68. The monoisotopic (exact) mass is 396 g/mol. The summed E-state index contributed by atoms with van der Waals surface area (Å²) in [5, 5.41) is 4.32. The summed E-state index contributed by atoms with van der Waals surface area (Å²) in [6, 6.07) is 14.3. The van der Waals surface area contributed by atoms with Gasteiger partial charge in [0.25, 0.3) is 0 Å². The van der Waals surface area contributed by atoms with Crippen LogP contribution in [-0.2, 0) is 0 Å². The Labute approximate surface area is 135 Å². The molecule has 0 unspecified atom stereocenters. The molecule has 0 bridgehead atoms. The maximum absolute atomic E-state index is 5.25. The molecule has 0 aliphatic rings. The van der Waals surface area contributed by atoms with Crippen molar-refractivity contribution in [3.63, 3.8) is 0 Å². The molecule has 3 nitrogen and oxygen atoms in total. The molecule has 1 heterocycles. The van der Waals surface area contributed by atoms with Gasteiger partial charge in [-0.2, -0.15) is 0 Å². The summed E-state index contributed by atoms with van der Waals surface area (Å²) in [7, 11) is 1.68. The topological polar surface area (TPSA) is 34.1 Å². The molecule has 0 saturated carbocycles. The lowest BCUT2D eigenvalue weighted by Gasteiger charge is -2.02. The molecule has 102 valence electrons. The molecule has 0 aliphatic carbocycles. The van der Waals surface area contributed by atoms with Gasteiger partial charge < -0.3 is 10.1 Å². The van der Waals surface area contributed by atoms with Crippen LogP contribution in [-0.4, -0.2) is 16.6 Å². The molecule has 0 fully saturated rings. The van der Waals surface area contributed by atoms with Gasteiger partial charge in [-0.1, -0.05) is 22.6 Å². The van der Waals surface area contributed by atoms with Crippen LogP contribution in [0.2, 0.25) is 0 Å². The van der Waals surface area contributed by atoms with Crippen LogP contribution in [0, 0.1) is 0 Å². The molecule has 0 amide bonds. The number of nitrogens with zero attached hydrogens (tertiary/aromatic N) is 1. The van der Waals surface area contributed by atoms with Crippen molar-refractivity contribution >= 4 is 49.8 Å². The van der Waals surface area contributed by atoms with Crippen LogP contribution in [0.5, 0.6) is 5.75 Å². The molecule has 5 heteroatoms. The molecule has 1 N–H and O–H groups in total. The van der Waals surface area contributed by atoms with Crippen LogP contribution in [0.1, 0.15) is 0 Å². The second kappa shape index (κ2) is 5.97. The maximum atomic E-state index is 5.25. The van der Waals surface area contributed by atoms with E-state index < -0.39 is 0 Å². The van der Waals surface area contributed by atoms with Crippen LogP contribution in [0.15, 0.2) is 42.5 Å². The summed E-state index contributed by atoms with van der Waals surface area (Å²) in [5.74, 6) is 0.870. The van der Waals surface area contributed by atoms with Crippen LogP contribution in [0.3, 0.4) is 0 Å². The molecule has 3 rings (SSSR count). The van der Waals surface area contributed by atoms with Crippen molar-refractivity contribution in [2.45, 2.75) is 0 Å². The lowest BCUT2D eigenvalue weighted by Crippen LogP contribution is -1.92. The number of anilines is 1. The van der Waals surface area contributed by atoms with E-state index in [9.17, 15) is 0 Å². The fourth-order valence-electron chi connectivity index (χ4n) is 1.96. The third-order valence-electron chi connectivity index (χ3n) is 3.00. The van der Waals surface area contributed by atoms with Crippen molar-refractivity contribution in [3.05, 3.63) is 42.5 Å². The van der Waals surface area contributed by atoms with Crippen molar-refractivity contribution in [3.8, 4) is 16.3 Å². The highest BCUT2D eigenvalue weighted by Crippen LogP contribution is 2.32. The van der Waals surface area contributed by atoms with Crippen LogP contribution in [0.4, 0.5) is 5.69 Å². The van der Waals surface area contributed by atoms with E-state index in [1.165, 1.54) is 0 Å². The fraction of sp³-hybridized carbons (Fsp3) is 0.133. The molecule has 0 saturated heterocycles. The van der Waals surface area contributed by atoms with Crippen molar-refractivity contribution in [1.29, 1.82) is 0 Å². The lowest BCUT2D eigenvalue weighted by atomic mass is 10.2. The Morgan fingerprint density at radius 1 is 1.20 bits per heavy atom. The Balaban J connectivity index is 1.96. The van der Waals surface area contributed by atoms with Gasteiger partial charge in [0.15, 0.2) is 0 Å². The zero-order valence-corrected chi connectivity index (χ0v) is 13.9. The van der Waals surface area contributed by atoms with Gasteiger partial charge in [0.1, 0.15) is 10.8 Å². The minimum atomic E-state index is 0.870. The normalized spacial score (nSPS) is 10.7. The Bertz CT molecular complexity index is 724. The first kappa shape index (κ1) is 13.6. The molecule has 2 aromatic carbocycles. The Morgan fingerprint density at radius 2 is 2.00 bits per heavy atom. The van der Waals surface area contributed by atoms with Crippen LogP contribution < -0.4 is 10.1 Å². The van der Waals surface area contributed by atoms with E-state index in [1.807, 2.05) is 18.2 Å². The van der Waals surface area contributed by atoms with Gasteiger partial charge in [0.05, 0.1) is 21.9 Å². The number of methoxy groups -OCH3 is 1. The van der Waals surface area contributed by atoms with E-state index in [2.05, 4.69) is 57.2 Å². The van der Waals surface area contributed by atoms with E-state index in [-0.39, 0.29) is 0 Å².